The van der Waals surface area contributed by atoms with Crippen LogP contribution in [0.25, 0.3) is 0 Å². The van der Waals surface area contributed by atoms with E-state index < -0.39 is 0 Å². The monoisotopic (exact) mass is 344 g/mol. The summed E-state index contributed by atoms with van der Waals surface area (Å²) < 4.78 is 24.1. The van der Waals surface area contributed by atoms with Gasteiger partial charge in [0.2, 0.25) is 0 Å². The molecule has 0 bridgehead atoms. The Balaban J connectivity index is 1.94. The maximum Gasteiger partial charge on any atom is 0.161 e. The van der Waals surface area contributed by atoms with Gasteiger partial charge in [-0.2, -0.15) is 0 Å². The van der Waals surface area contributed by atoms with Crippen molar-refractivity contribution in [2.75, 3.05) is 20.8 Å². The van der Waals surface area contributed by atoms with Gasteiger partial charge in [-0.25, -0.2) is 4.39 Å². The highest BCUT2D eigenvalue weighted by atomic mass is 19.1. The van der Waals surface area contributed by atoms with Gasteiger partial charge in [0.1, 0.15) is 5.82 Å². The van der Waals surface area contributed by atoms with Crippen LogP contribution in [0.2, 0.25) is 0 Å². The molecule has 3 rings (SSSR count). The number of ether oxygens (including phenoxy) is 2. The minimum atomic E-state index is -0.215. The summed E-state index contributed by atoms with van der Waals surface area (Å²) in [6.07, 6.45) is 0.917. The van der Waals surface area contributed by atoms with Crippen molar-refractivity contribution in [1.82, 2.24) is 4.90 Å². The van der Waals surface area contributed by atoms with Crippen molar-refractivity contribution in [2.24, 2.45) is 5.73 Å². The van der Waals surface area contributed by atoms with Crippen LogP contribution in [0, 0.1) is 5.82 Å². The Bertz CT molecular complexity index is 731. The smallest absolute Gasteiger partial charge is 0.161 e. The quantitative estimate of drug-likeness (QED) is 0.904. The summed E-state index contributed by atoms with van der Waals surface area (Å²) in [5, 5.41) is 0. The van der Waals surface area contributed by atoms with E-state index in [0.717, 1.165) is 36.6 Å². The summed E-state index contributed by atoms with van der Waals surface area (Å²) in [6, 6.07) is 10.8. The van der Waals surface area contributed by atoms with E-state index in [1.807, 2.05) is 25.1 Å². The number of halogens is 1. The summed E-state index contributed by atoms with van der Waals surface area (Å²) in [4.78, 5) is 2.35. The average molecular weight is 344 g/mol. The number of nitrogens with zero attached hydrogens (tertiary/aromatic N) is 1. The molecule has 134 valence electrons. The highest BCUT2D eigenvalue weighted by Gasteiger charge is 2.31. The van der Waals surface area contributed by atoms with E-state index in [9.17, 15) is 4.39 Å². The highest BCUT2D eigenvalue weighted by molar-refractivity contribution is 5.49. The number of fused-ring (bicyclic) bond motifs is 1. The maximum atomic E-state index is 13.2. The van der Waals surface area contributed by atoms with Crippen LogP contribution >= 0.6 is 0 Å². The Labute approximate surface area is 148 Å². The van der Waals surface area contributed by atoms with Crippen molar-refractivity contribution in [1.29, 1.82) is 0 Å². The first-order chi connectivity index (χ1) is 12.0. The van der Waals surface area contributed by atoms with Crippen molar-refractivity contribution in [3.63, 3.8) is 0 Å². The Morgan fingerprint density at radius 3 is 2.40 bits per heavy atom. The van der Waals surface area contributed by atoms with Crippen LogP contribution in [-0.4, -0.2) is 31.7 Å². The number of nitrogens with two attached hydrogens (primary N) is 1. The fourth-order valence-electron chi connectivity index (χ4n) is 3.65. The second-order valence-electron chi connectivity index (χ2n) is 6.56. The molecule has 25 heavy (non-hydrogen) atoms. The fourth-order valence-corrected chi connectivity index (χ4v) is 3.65. The summed E-state index contributed by atoms with van der Waals surface area (Å²) in [5.74, 6) is 1.25. The molecule has 0 saturated heterocycles. The van der Waals surface area contributed by atoms with Crippen LogP contribution in [0.5, 0.6) is 11.5 Å². The van der Waals surface area contributed by atoms with Crippen LogP contribution in [-0.2, 0) is 13.0 Å². The summed E-state index contributed by atoms with van der Waals surface area (Å²) in [7, 11) is 3.29. The highest BCUT2D eigenvalue weighted by Crippen LogP contribution is 2.39. The van der Waals surface area contributed by atoms with E-state index in [0.29, 0.717) is 0 Å². The Hall–Kier alpha value is -2.11. The van der Waals surface area contributed by atoms with Crippen LogP contribution in [0.4, 0.5) is 4.39 Å². The zero-order valence-electron chi connectivity index (χ0n) is 15.0. The molecule has 1 heterocycles. The zero-order valence-corrected chi connectivity index (χ0v) is 15.0. The molecule has 1 aliphatic rings. The molecule has 2 atom stereocenters. The number of methoxy groups -OCH3 is 2. The number of rotatable bonds is 5. The van der Waals surface area contributed by atoms with Crippen molar-refractivity contribution in [3.05, 3.63) is 58.9 Å². The Kier molecular flexibility index (Phi) is 5.25. The van der Waals surface area contributed by atoms with Crippen LogP contribution < -0.4 is 15.2 Å². The minimum absolute atomic E-state index is 0.0439. The molecule has 2 aromatic rings. The molecule has 0 radical (unpaired) electrons. The van der Waals surface area contributed by atoms with Gasteiger partial charge in [0.15, 0.2) is 11.5 Å². The topological polar surface area (TPSA) is 47.7 Å². The van der Waals surface area contributed by atoms with E-state index in [-0.39, 0.29) is 17.9 Å². The molecular formula is C20H25FN2O2. The van der Waals surface area contributed by atoms with E-state index in [4.69, 9.17) is 15.2 Å². The second kappa shape index (κ2) is 7.42. The normalized spacial score (nSPS) is 18.5. The van der Waals surface area contributed by atoms with E-state index in [1.54, 1.807) is 14.2 Å². The standard InChI is InChI=1S/C20H25FN2O2/c1-13(22)20-17-11-19(25-3)18(24-2)10-15(17)8-9-23(20)12-14-4-6-16(21)7-5-14/h4-7,10-11,13,20H,8-9,12,22H2,1-3H3. The third kappa shape index (κ3) is 3.62. The zero-order chi connectivity index (χ0) is 18.0. The van der Waals surface area contributed by atoms with Crippen LogP contribution in [0.3, 0.4) is 0 Å². The van der Waals surface area contributed by atoms with Gasteiger partial charge in [0.05, 0.1) is 20.3 Å². The van der Waals surface area contributed by atoms with E-state index in [2.05, 4.69) is 11.0 Å². The molecule has 5 heteroatoms. The second-order valence-corrected chi connectivity index (χ2v) is 6.56. The predicted molar refractivity (Wildman–Crippen MR) is 96.5 cm³/mol. The molecule has 2 aromatic carbocycles. The van der Waals surface area contributed by atoms with Crippen LogP contribution in [0.15, 0.2) is 36.4 Å². The van der Waals surface area contributed by atoms with Crippen LogP contribution in [0.1, 0.15) is 29.7 Å². The lowest BCUT2D eigenvalue weighted by atomic mass is 9.88. The van der Waals surface area contributed by atoms with Gasteiger partial charge < -0.3 is 15.2 Å². The van der Waals surface area contributed by atoms with Gasteiger partial charge in [-0.3, -0.25) is 4.90 Å². The van der Waals surface area contributed by atoms with Gasteiger partial charge in [0.25, 0.3) is 0 Å². The Morgan fingerprint density at radius 1 is 1.16 bits per heavy atom. The third-order valence-electron chi connectivity index (χ3n) is 4.82. The SMILES string of the molecule is COc1cc2c(cc1OC)C(C(C)N)N(Cc1ccc(F)cc1)CC2. The summed E-state index contributed by atoms with van der Waals surface area (Å²) >= 11 is 0. The molecule has 0 saturated carbocycles. The molecule has 2 N–H and O–H groups in total. The van der Waals surface area contributed by atoms with Gasteiger partial charge >= 0.3 is 0 Å². The lowest BCUT2D eigenvalue weighted by molar-refractivity contribution is 0.155. The van der Waals surface area contributed by atoms with Gasteiger partial charge in [-0.15, -0.1) is 0 Å². The molecule has 0 aromatic heterocycles. The molecule has 0 fully saturated rings. The minimum Gasteiger partial charge on any atom is -0.493 e. The first-order valence-corrected chi connectivity index (χ1v) is 8.52. The molecule has 4 nitrogen and oxygen atoms in total. The van der Waals surface area contributed by atoms with Gasteiger partial charge in [-0.1, -0.05) is 12.1 Å². The summed E-state index contributed by atoms with van der Waals surface area (Å²) in [6.45, 7) is 3.65. The lowest BCUT2D eigenvalue weighted by Gasteiger charge is -2.40. The largest absolute Gasteiger partial charge is 0.493 e. The van der Waals surface area contributed by atoms with Gasteiger partial charge in [-0.05, 0) is 54.3 Å². The van der Waals surface area contributed by atoms with E-state index >= 15 is 0 Å². The molecule has 2 unspecified atom stereocenters. The third-order valence-corrected chi connectivity index (χ3v) is 4.82. The average Bonchev–Trinajstić information content (AvgIpc) is 2.61. The predicted octanol–water partition coefficient (Wildman–Crippen LogP) is 3.29. The van der Waals surface area contributed by atoms with Crippen molar-refractivity contribution in [2.45, 2.75) is 32.0 Å². The number of hydrogen-bond donors (Lipinski definition) is 1. The van der Waals surface area contributed by atoms with E-state index in [1.165, 1.54) is 23.3 Å². The lowest BCUT2D eigenvalue weighted by Crippen LogP contribution is -2.43. The molecule has 0 amide bonds. The van der Waals surface area contributed by atoms with Crippen molar-refractivity contribution < 1.29 is 13.9 Å². The first kappa shape index (κ1) is 17.7. The summed E-state index contributed by atoms with van der Waals surface area (Å²) in [5.41, 5.74) is 9.85. The molecule has 0 aliphatic carbocycles. The Morgan fingerprint density at radius 2 is 1.80 bits per heavy atom. The number of hydrogen-bond acceptors (Lipinski definition) is 4. The maximum absolute atomic E-state index is 13.2. The fraction of sp³-hybridized carbons (Fsp3) is 0.400. The molecule has 1 aliphatic heterocycles. The van der Waals surface area contributed by atoms with Crippen molar-refractivity contribution in [3.8, 4) is 11.5 Å². The van der Waals surface area contributed by atoms with Crippen molar-refractivity contribution >= 4 is 0 Å². The van der Waals surface area contributed by atoms with Gasteiger partial charge in [0, 0.05) is 19.1 Å². The first-order valence-electron chi connectivity index (χ1n) is 8.52. The number of benzene rings is 2. The molecular weight excluding hydrogens is 319 g/mol. The molecule has 0 spiro atoms.